The zero-order valence-corrected chi connectivity index (χ0v) is 9.41. The van der Waals surface area contributed by atoms with Crippen LogP contribution >= 0.6 is 0 Å². The zero-order chi connectivity index (χ0) is 11.4. The van der Waals surface area contributed by atoms with Gasteiger partial charge in [0.2, 0.25) is 11.6 Å². The summed E-state index contributed by atoms with van der Waals surface area (Å²) in [5.41, 5.74) is 1.58. The number of Topliss-reactive ketones (excluding diaryl/α,β-unsaturated/α-hetero) is 2. The van der Waals surface area contributed by atoms with Crippen molar-refractivity contribution in [2.75, 3.05) is 0 Å². The van der Waals surface area contributed by atoms with Crippen LogP contribution < -0.4 is 0 Å². The molecule has 0 amide bonds. The van der Waals surface area contributed by atoms with Crippen LogP contribution in [0.5, 0.6) is 0 Å². The number of carbonyl (C=O) groups excluding carboxylic acids is 2. The predicted molar refractivity (Wildman–Crippen MR) is 60.0 cm³/mol. The van der Waals surface area contributed by atoms with E-state index < -0.39 is 0 Å². The monoisotopic (exact) mass is 204 g/mol. The van der Waals surface area contributed by atoms with Crippen LogP contribution in [0.3, 0.4) is 0 Å². The quantitative estimate of drug-likeness (QED) is 0.558. The SMILES string of the molecule is Cc1ccc(C(=O)C(=O)CC(C)C)cc1. The van der Waals surface area contributed by atoms with E-state index in [0.717, 1.165) is 5.56 Å². The lowest BCUT2D eigenvalue weighted by Crippen LogP contribution is -2.16. The molecule has 0 aliphatic carbocycles. The maximum Gasteiger partial charge on any atom is 0.228 e. The van der Waals surface area contributed by atoms with Crippen LogP contribution in [0.1, 0.15) is 36.2 Å². The molecule has 0 aromatic heterocycles. The molecule has 0 unspecified atom stereocenters. The van der Waals surface area contributed by atoms with Crippen molar-refractivity contribution in [3.8, 4) is 0 Å². The number of rotatable bonds is 4. The van der Waals surface area contributed by atoms with Crippen molar-refractivity contribution in [3.05, 3.63) is 35.4 Å². The Labute approximate surface area is 90.3 Å². The average molecular weight is 204 g/mol. The number of benzene rings is 1. The highest BCUT2D eigenvalue weighted by Crippen LogP contribution is 2.08. The molecule has 0 atom stereocenters. The molecule has 0 radical (unpaired) electrons. The van der Waals surface area contributed by atoms with Gasteiger partial charge in [-0.1, -0.05) is 43.7 Å². The Bertz CT molecular complexity index is 361. The smallest absolute Gasteiger partial charge is 0.228 e. The fraction of sp³-hybridized carbons (Fsp3) is 0.385. The van der Waals surface area contributed by atoms with E-state index in [0.29, 0.717) is 12.0 Å². The first-order valence-electron chi connectivity index (χ1n) is 5.15. The van der Waals surface area contributed by atoms with E-state index >= 15 is 0 Å². The molecule has 0 fully saturated rings. The molecule has 1 aromatic rings. The van der Waals surface area contributed by atoms with E-state index in [1.165, 1.54) is 0 Å². The topological polar surface area (TPSA) is 34.1 Å². The summed E-state index contributed by atoms with van der Waals surface area (Å²) in [5.74, 6) is -0.440. The van der Waals surface area contributed by atoms with Crippen LogP contribution in [0.15, 0.2) is 24.3 Å². The lowest BCUT2D eigenvalue weighted by molar-refractivity contribution is -0.115. The maximum atomic E-state index is 11.6. The number of hydrogen-bond donors (Lipinski definition) is 0. The summed E-state index contributed by atoms with van der Waals surface area (Å²) in [6.45, 7) is 5.81. The Balaban J connectivity index is 2.76. The fourth-order valence-corrected chi connectivity index (χ4v) is 1.33. The molecule has 0 saturated carbocycles. The Hall–Kier alpha value is -1.44. The van der Waals surface area contributed by atoms with Gasteiger partial charge >= 0.3 is 0 Å². The molecule has 0 aliphatic heterocycles. The van der Waals surface area contributed by atoms with Gasteiger partial charge in [-0.3, -0.25) is 9.59 Å². The molecule has 0 saturated heterocycles. The highest BCUT2D eigenvalue weighted by molar-refractivity contribution is 6.43. The summed E-state index contributed by atoms with van der Waals surface area (Å²) in [7, 11) is 0. The predicted octanol–water partition coefficient (Wildman–Crippen LogP) is 2.79. The van der Waals surface area contributed by atoms with Gasteiger partial charge in [-0.05, 0) is 12.8 Å². The minimum absolute atomic E-state index is 0.229. The normalized spacial score (nSPS) is 10.4. The van der Waals surface area contributed by atoms with Gasteiger partial charge < -0.3 is 0 Å². The van der Waals surface area contributed by atoms with Crippen molar-refractivity contribution < 1.29 is 9.59 Å². The molecule has 2 nitrogen and oxygen atoms in total. The van der Waals surface area contributed by atoms with E-state index in [9.17, 15) is 9.59 Å². The van der Waals surface area contributed by atoms with Crippen LogP contribution in [-0.2, 0) is 4.79 Å². The van der Waals surface area contributed by atoms with Gasteiger partial charge in [0.1, 0.15) is 0 Å². The number of carbonyl (C=O) groups is 2. The third-order valence-electron chi connectivity index (χ3n) is 2.16. The molecule has 2 heteroatoms. The third kappa shape index (κ3) is 3.31. The van der Waals surface area contributed by atoms with Gasteiger partial charge in [0, 0.05) is 12.0 Å². The molecule has 0 heterocycles. The summed E-state index contributed by atoms with van der Waals surface area (Å²) >= 11 is 0. The third-order valence-corrected chi connectivity index (χ3v) is 2.16. The summed E-state index contributed by atoms with van der Waals surface area (Å²) in [6.07, 6.45) is 0.326. The Kier molecular flexibility index (Phi) is 3.78. The van der Waals surface area contributed by atoms with Crippen molar-refractivity contribution in [2.24, 2.45) is 5.92 Å². The van der Waals surface area contributed by atoms with Gasteiger partial charge in [0.05, 0.1) is 0 Å². The molecule has 0 spiro atoms. The van der Waals surface area contributed by atoms with Gasteiger partial charge in [0.15, 0.2) is 0 Å². The maximum absolute atomic E-state index is 11.6. The molecular weight excluding hydrogens is 188 g/mol. The summed E-state index contributed by atoms with van der Waals surface area (Å²) in [6, 6.07) is 7.09. The molecule has 15 heavy (non-hydrogen) atoms. The number of hydrogen-bond acceptors (Lipinski definition) is 2. The molecule has 0 N–H and O–H groups in total. The minimum atomic E-state index is -0.372. The second kappa shape index (κ2) is 4.87. The zero-order valence-electron chi connectivity index (χ0n) is 9.41. The highest BCUT2D eigenvalue weighted by Gasteiger charge is 2.16. The Morgan fingerprint density at radius 3 is 2.13 bits per heavy atom. The summed E-state index contributed by atoms with van der Waals surface area (Å²) in [4.78, 5) is 23.1. The molecular formula is C13H16O2. The van der Waals surface area contributed by atoms with Crippen molar-refractivity contribution in [1.82, 2.24) is 0 Å². The van der Waals surface area contributed by atoms with Crippen LogP contribution in [-0.4, -0.2) is 11.6 Å². The Morgan fingerprint density at radius 2 is 1.67 bits per heavy atom. The largest absolute Gasteiger partial charge is 0.290 e. The van der Waals surface area contributed by atoms with E-state index in [4.69, 9.17) is 0 Å². The van der Waals surface area contributed by atoms with Crippen LogP contribution in [0.25, 0.3) is 0 Å². The lowest BCUT2D eigenvalue weighted by Gasteiger charge is -2.03. The van der Waals surface area contributed by atoms with Crippen molar-refractivity contribution >= 4 is 11.6 Å². The average Bonchev–Trinajstić information content (AvgIpc) is 2.17. The van der Waals surface area contributed by atoms with Crippen molar-refractivity contribution in [1.29, 1.82) is 0 Å². The minimum Gasteiger partial charge on any atom is -0.290 e. The second-order valence-corrected chi connectivity index (χ2v) is 4.22. The van der Waals surface area contributed by atoms with Crippen LogP contribution in [0.2, 0.25) is 0 Å². The molecule has 0 bridgehead atoms. The van der Waals surface area contributed by atoms with E-state index in [2.05, 4.69) is 0 Å². The van der Waals surface area contributed by atoms with Crippen molar-refractivity contribution in [2.45, 2.75) is 27.2 Å². The Morgan fingerprint density at radius 1 is 1.13 bits per heavy atom. The van der Waals surface area contributed by atoms with Crippen molar-refractivity contribution in [3.63, 3.8) is 0 Å². The van der Waals surface area contributed by atoms with E-state index in [1.54, 1.807) is 12.1 Å². The number of aryl methyl sites for hydroxylation is 1. The first-order valence-corrected chi connectivity index (χ1v) is 5.15. The van der Waals surface area contributed by atoms with Gasteiger partial charge in [-0.25, -0.2) is 0 Å². The standard InChI is InChI=1S/C13H16O2/c1-9(2)8-12(14)13(15)11-6-4-10(3)5-7-11/h4-7,9H,8H2,1-3H3. The van der Waals surface area contributed by atoms with Crippen LogP contribution in [0.4, 0.5) is 0 Å². The van der Waals surface area contributed by atoms with Gasteiger partial charge in [-0.2, -0.15) is 0 Å². The molecule has 1 rings (SSSR count). The van der Waals surface area contributed by atoms with E-state index in [-0.39, 0.29) is 17.5 Å². The summed E-state index contributed by atoms with van der Waals surface area (Å²) < 4.78 is 0. The first-order chi connectivity index (χ1) is 7.00. The van der Waals surface area contributed by atoms with E-state index in [1.807, 2.05) is 32.9 Å². The highest BCUT2D eigenvalue weighted by atomic mass is 16.2. The lowest BCUT2D eigenvalue weighted by atomic mass is 9.99. The first kappa shape index (κ1) is 11.6. The second-order valence-electron chi connectivity index (χ2n) is 4.22. The molecule has 80 valence electrons. The summed E-state index contributed by atoms with van der Waals surface area (Å²) in [5, 5.41) is 0. The number of ketones is 2. The van der Waals surface area contributed by atoms with Gasteiger partial charge in [-0.15, -0.1) is 0 Å². The molecule has 0 aliphatic rings. The van der Waals surface area contributed by atoms with Crippen LogP contribution in [0, 0.1) is 12.8 Å². The molecule has 1 aromatic carbocycles. The van der Waals surface area contributed by atoms with Gasteiger partial charge in [0.25, 0.3) is 0 Å². The fourth-order valence-electron chi connectivity index (χ4n) is 1.33.